The fourth-order valence-corrected chi connectivity index (χ4v) is 3.69. The molecule has 0 saturated carbocycles. The molecule has 1 aromatic carbocycles. The van der Waals surface area contributed by atoms with Crippen LogP contribution in [0.3, 0.4) is 0 Å². The maximum atomic E-state index is 12.3. The van der Waals surface area contributed by atoms with Crippen LogP contribution >= 0.6 is 28.3 Å². The maximum absolute atomic E-state index is 12.3. The Morgan fingerprint density at radius 1 is 1.30 bits per heavy atom. The zero-order valence-electron chi connectivity index (χ0n) is 13.1. The molecular formula is C17H24BrClN2O2. The van der Waals surface area contributed by atoms with Crippen molar-refractivity contribution in [1.82, 2.24) is 10.6 Å². The third-order valence-corrected chi connectivity index (χ3v) is 5.41. The molecule has 4 nitrogen and oxygen atoms in total. The minimum absolute atomic E-state index is 0. The Morgan fingerprint density at radius 3 is 2.61 bits per heavy atom. The van der Waals surface area contributed by atoms with Crippen LogP contribution in [0.2, 0.25) is 0 Å². The molecule has 2 saturated heterocycles. The van der Waals surface area contributed by atoms with E-state index in [9.17, 15) is 4.79 Å². The second-order valence-corrected chi connectivity index (χ2v) is 7.18. The van der Waals surface area contributed by atoms with Crippen LogP contribution in [0.5, 0.6) is 0 Å². The molecule has 0 aromatic heterocycles. The standard InChI is InChI=1S/C17H23BrN2O2.ClH/c18-14-5-3-13(4-6-14)17(7-10-22-11-8-17)12-20-16(21)15-2-1-9-19-15;/h3-6,15,19H,1-2,7-12H2,(H,20,21);1H. The van der Waals surface area contributed by atoms with E-state index in [-0.39, 0.29) is 29.8 Å². The Bertz CT molecular complexity index is 512. The molecule has 0 bridgehead atoms. The number of ether oxygens (including phenoxy) is 1. The summed E-state index contributed by atoms with van der Waals surface area (Å²) in [5, 5.41) is 6.44. The number of halogens is 2. The van der Waals surface area contributed by atoms with E-state index in [1.165, 1.54) is 5.56 Å². The summed E-state index contributed by atoms with van der Waals surface area (Å²) < 4.78 is 6.62. The van der Waals surface area contributed by atoms with Gasteiger partial charge < -0.3 is 15.4 Å². The van der Waals surface area contributed by atoms with Crippen molar-refractivity contribution < 1.29 is 9.53 Å². The van der Waals surface area contributed by atoms with E-state index in [0.717, 1.165) is 49.9 Å². The number of amides is 1. The zero-order chi connectivity index (χ0) is 15.4. The Balaban J connectivity index is 0.00000192. The van der Waals surface area contributed by atoms with E-state index in [4.69, 9.17) is 4.74 Å². The van der Waals surface area contributed by atoms with Gasteiger partial charge in [0.1, 0.15) is 0 Å². The lowest BCUT2D eigenvalue weighted by molar-refractivity contribution is -0.123. The van der Waals surface area contributed by atoms with E-state index in [0.29, 0.717) is 6.54 Å². The van der Waals surface area contributed by atoms with E-state index in [1.807, 2.05) is 0 Å². The molecule has 1 unspecified atom stereocenters. The summed E-state index contributed by atoms with van der Waals surface area (Å²) in [6.45, 7) is 3.15. The molecule has 23 heavy (non-hydrogen) atoms. The van der Waals surface area contributed by atoms with Crippen LogP contribution in [0.4, 0.5) is 0 Å². The topological polar surface area (TPSA) is 50.4 Å². The molecule has 0 spiro atoms. The maximum Gasteiger partial charge on any atom is 0.237 e. The van der Waals surface area contributed by atoms with Gasteiger partial charge in [0.25, 0.3) is 0 Å². The third kappa shape index (κ3) is 4.47. The highest BCUT2D eigenvalue weighted by Crippen LogP contribution is 2.35. The highest BCUT2D eigenvalue weighted by Gasteiger charge is 2.35. The Kier molecular flexibility index (Phi) is 6.89. The van der Waals surface area contributed by atoms with Gasteiger partial charge in [0.15, 0.2) is 0 Å². The Labute approximate surface area is 152 Å². The van der Waals surface area contributed by atoms with Gasteiger partial charge in [-0.15, -0.1) is 12.4 Å². The van der Waals surface area contributed by atoms with Crippen LogP contribution in [-0.2, 0) is 14.9 Å². The molecule has 128 valence electrons. The summed E-state index contributed by atoms with van der Waals surface area (Å²) >= 11 is 3.49. The summed E-state index contributed by atoms with van der Waals surface area (Å²) in [5.74, 6) is 0.139. The third-order valence-electron chi connectivity index (χ3n) is 4.88. The minimum Gasteiger partial charge on any atom is -0.381 e. The number of hydrogen-bond acceptors (Lipinski definition) is 3. The number of nitrogens with one attached hydrogen (secondary N) is 2. The van der Waals surface area contributed by atoms with Crippen LogP contribution in [0.25, 0.3) is 0 Å². The molecule has 0 aliphatic carbocycles. The lowest BCUT2D eigenvalue weighted by atomic mass is 9.74. The number of rotatable bonds is 4. The summed E-state index contributed by atoms with van der Waals surface area (Å²) in [4.78, 5) is 12.3. The molecule has 1 atom stereocenters. The minimum atomic E-state index is -0.0122. The predicted octanol–water partition coefficient (Wildman–Crippen LogP) is 2.79. The summed E-state index contributed by atoms with van der Waals surface area (Å²) in [6.07, 6.45) is 3.93. The van der Waals surface area contributed by atoms with Gasteiger partial charge in [-0.2, -0.15) is 0 Å². The SMILES string of the molecule is Cl.O=C(NCC1(c2ccc(Br)cc2)CCOCC1)C1CCCN1. The predicted molar refractivity (Wildman–Crippen MR) is 97.2 cm³/mol. The van der Waals surface area contributed by atoms with Crippen LogP contribution in [0.1, 0.15) is 31.2 Å². The van der Waals surface area contributed by atoms with Crippen LogP contribution in [0.15, 0.2) is 28.7 Å². The van der Waals surface area contributed by atoms with Crippen molar-refractivity contribution in [3.63, 3.8) is 0 Å². The molecule has 2 N–H and O–H groups in total. The van der Waals surface area contributed by atoms with Gasteiger partial charge in [0.05, 0.1) is 6.04 Å². The van der Waals surface area contributed by atoms with E-state index < -0.39 is 0 Å². The van der Waals surface area contributed by atoms with Gasteiger partial charge in [-0.3, -0.25) is 4.79 Å². The molecule has 6 heteroatoms. The quantitative estimate of drug-likeness (QED) is 0.813. The van der Waals surface area contributed by atoms with E-state index >= 15 is 0 Å². The molecule has 2 fully saturated rings. The van der Waals surface area contributed by atoms with Gasteiger partial charge in [-0.25, -0.2) is 0 Å². The van der Waals surface area contributed by atoms with Crippen LogP contribution in [0, 0.1) is 0 Å². The average molecular weight is 404 g/mol. The molecule has 2 heterocycles. The fourth-order valence-electron chi connectivity index (χ4n) is 3.42. The van der Waals surface area contributed by atoms with Crippen LogP contribution in [-0.4, -0.2) is 38.3 Å². The summed E-state index contributed by atoms with van der Waals surface area (Å²) in [6, 6.07) is 8.46. The average Bonchev–Trinajstić information content (AvgIpc) is 3.09. The van der Waals surface area contributed by atoms with Crippen LogP contribution < -0.4 is 10.6 Å². The Hall–Kier alpha value is -0.620. The fraction of sp³-hybridized carbons (Fsp3) is 0.588. The van der Waals surface area contributed by atoms with Gasteiger partial charge in [-0.1, -0.05) is 28.1 Å². The number of benzene rings is 1. The molecular weight excluding hydrogens is 380 g/mol. The normalized spacial score (nSPS) is 23.1. The lowest BCUT2D eigenvalue weighted by Gasteiger charge is -2.38. The summed E-state index contributed by atoms with van der Waals surface area (Å²) in [5.41, 5.74) is 1.28. The largest absolute Gasteiger partial charge is 0.381 e. The van der Waals surface area contributed by atoms with Crippen molar-refractivity contribution in [1.29, 1.82) is 0 Å². The van der Waals surface area contributed by atoms with Gasteiger partial charge in [0, 0.05) is 29.6 Å². The van der Waals surface area contributed by atoms with Crippen molar-refractivity contribution in [2.45, 2.75) is 37.1 Å². The smallest absolute Gasteiger partial charge is 0.237 e. The van der Waals surface area contributed by atoms with Crippen molar-refractivity contribution in [2.75, 3.05) is 26.3 Å². The molecule has 2 aliphatic heterocycles. The highest BCUT2D eigenvalue weighted by molar-refractivity contribution is 9.10. The van der Waals surface area contributed by atoms with Gasteiger partial charge in [-0.05, 0) is 49.9 Å². The van der Waals surface area contributed by atoms with E-state index in [1.54, 1.807) is 0 Å². The van der Waals surface area contributed by atoms with E-state index in [2.05, 4.69) is 50.8 Å². The number of carbonyl (C=O) groups is 1. The monoisotopic (exact) mass is 402 g/mol. The Morgan fingerprint density at radius 2 is 2.00 bits per heavy atom. The van der Waals surface area contributed by atoms with Crippen molar-refractivity contribution >= 4 is 34.2 Å². The molecule has 3 rings (SSSR count). The lowest BCUT2D eigenvalue weighted by Crippen LogP contribution is -2.48. The summed E-state index contributed by atoms with van der Waals surface area (Å²) in [7, 11) is 0. The first-order valence-corrected chi connectivity index (χ1v) is 8.84. The molecule has 1 aromatic rings. The second-order valence-electron chi connectivity index (χ2n) is 6.27. The van der Waals surface area contributed by atoms with Crippen molar-refractivity contribution in [3.8, 4) is 0 Å². The molecule has 0 radical (unpaired) electrons. The van der Waals surface area contributed by atoms with Gasteiger partial charge in [0.2, 0.25) is 5.91 Å². The van der Waals surface area contributed by atoms with Crippen molar-refractivity contribution in [2.24, 2.45) is 0 Å². The molecule has 1 amide bonds. The zero-order valence-corrected chi connectivity index (χ0v) is 15.5. The first-order valence-electron chi connectivity index (χ1n) is 8.05. The number of carbonyl (C=O) groups excluding carboxylic acids is 1. The van der Waals surface area contributed by atoms with Gasteiger partial charge >= 0.3 is 0 Å². The second kappa shape index (κ2) is 8.47. The first kappa shape index (κ1) is 18.7. The number of hydrogen-bond donors (Lipinski definition) is 2. The first-order chi connectivity index (χ1) is 10.7. The highest BCUT2D eigenvalue weighted by atomic mass is 79.9. The van der Waals surface area contributed by atoms with Crippen molar-refractivity contribution in [3.05, 3.63) is 34.3 Å². The molecule has 2 aliphatic rings.